The first kappa shape index (κ1) is 12.1. The van der Waals surface area contributed by atoms with Crippen molar-refractivity contribution < 1.29 is 13.9 Å². The zero-order valence-corrected chi connectivity index (χ0v) is 10.0. The largest absolute Gasteiger partial charge is 0.493 e. The first-order chi connectivity index (χ1) is 8.15. The summed E-state index contributed by atoms with van der Waals surface area (Å²) in [4.78, 5) is 11.1. The minimum atomic E-state index is -0.322. The molecule has 0 spiro atoms. The maximum Gasteiger partial charge on any atom is 0.134 e. The molecule has 0 aromatic heterocycles. The van der Waals surface area contributed by atoms with Gasteiger partial charge < -0.3 is 4.74 Å². The second-order valence-corrected chi connectivity index (χ2v) is 4.74. The van der Waals surface area contributed by atoms with Crippen LogP contribution in [0.3, 0.4) is 0 Å². The van der Waals surface area contributed by atoms with Crippen LogP contribution in [0.2, 0.25) is 0 Å². The van der Waals surface area contributed by atoms with E-state index < -0.39 is 0 Å². The highest BCUT2D eigenvalue weighted by Crippen LogP contribution is 2.28. The number of benzene rings is 1. The summed E-state index contributed by atoms with van der Waals surface area (Å²) in [5.74, 6) is 0.972. The van der Waals surface area contributed by atoms with E-state index in [2.05, 4.69) is 0 Å². The minimum absolute atomic E-state index is 0.0177. The molecule has 0 unspecified atom stereocenters. The number of hydrogen-bond donors (Lipinski definition) is 0. The van der Waals surface area contributed by atoms with Gasteiger partial charge in [-0.25, -0.2) is 4.39 Å². The van der Waals surface area contributed by atoms with E-state index in [-0.39, 0.29) is 18.0 Å². The zero-order chi connectivity index (χ0) is 12.3. The molecule has 0 amide bonds. The fraction of sp³-hybridized carbons (Fsp3) is 0.500. The molecule has 1 aliphatic carbocycles. The lowest BCUT2D eigenvalue weighted by atomic mass is 9.86. The fourth-order valence-corrected chi connectivity index (χ4v) is 1.96. The third kappa shape index (κ3) is 3.29. The topological polar surface area (TPSA) is 26.3 Å². The van der Waals surface area contributed by atoms with Crippen LogP contribution >= 0.6 is 0 Å². The van der Waals surface area contributed by atoms with E-state index in [4.69, 9.17) is 4.74 Å². The monoisotopic (exact) mass is 236 g/mol. The van der Waals surface area contributed by atoms with Gasteiger partial charge in [-0.3, -0.25) is 4.79 Å². The Morgan fingerprint density at radius 2 is 2.24 bits per heavy atom. The lowest BCUT2D eigenvalue weighted by Crippen LogP contribution is -2.19. The van der Waals surface area contributed by atoms with Gasteiger partial charge in [-0.15, -0.1) is 0 Å². The van der Waals surface area contributed by atoms with Crippen molar-refractivity contribution in [2.45, 2.75) is 32.6 Å². The van der Waals surface area contributed by atoms with Gasteiger partial charge in [0, 0.05) is 12.0 Å². The van der Waals surface area contributed by atoms with Gasteiger partial charge in [-0.2, -0.15) is 0 Å². The predicted octanol–water partition coefficient (Wildman–Crippen LogP) is 3.14. The van der Waals surface area contributed by atoms with Crippen molar-refractivity contribution >= 4 is 5.78 Å². The first-order valence-corrected chi connectivity index (χ1v) is 6.06. The quantitative estimate of drug-likeness (QED) is 0.785. The molecule has 1 saturated carbocycles. The van der Waals surface area contributed by atoms with Crippen molar-refractivity contribution in [3.05, 3.63) is 29.6 Å². The zero-order valence-electron chi connectivity index (χ0n) is 10.0. The van der Waals surface area contributed by atoms with Crippen LogP contribution in [0.25, 0.3) is 0 Å². The third-order valence-electron chi connectivity index (χ3n) is 3.16. The predicted molar refractivity (Wildman–Crippen MR) is 63.6 cm³/mol. The molecule has 17 heavy (non-hydrogen) atoms. The van der Waals surface area contributed by atoms with Crippen LogP contribution in [-0.4, -0.2) is 12.4 Å². The molecule has 0 saturated heterocycles. The average Bonchev–Trinajstić information content (AvgIpc) is 2.17. The van der Waals surface area contributed by atoms with Crippen LogP contribution in [0.1, 0.15) is 31.7 Å². The molecule has 0 N–H and O–H groups in total. The van der Waals surface area contributed by atoms with Crippen LogP contribution in [0.15, 0.2) is 18.2 Å². The highest BCUT2D eigenvalue weighted by Gasteiger charge is 2.18. The average molecular weight is 236 g/mol. The van der Waals surface area contributed by atoms with Gasteiger partial charge in [-0.05, 0) is 43.9 Å². The molecule has 2 nitrogen and oxygen atoms in total. The maximum atomic E-state index is 13.1. The number of ketones is 1. The number of hydrogen-bond acceptors (Lipinski definition) is 2. The van der Waals surface area contributed by atoms with Crippen molar-refractivity contribution in [1.82, 2.24) is 0 Å². The van der Waals surface area contributed by atoms with E-state index in [0.717, 1.165) is 0 Å². The lowest BCUT2D eigenvalue weighted by Gasteiger charge is -2.25. The van der Waals surface area contributed by atoms with Gasteiger partial charge in [0.1, 0.15) is 17.3 Å². The second-order valence-electron chi connectivity index (χ2n) is 4.74. The summed E-state index contributed by atoms with van der Waals surface area (Å²) in [6, 6.07) is 4.38. The lowest BCUT2D eigenvalue weighted by molar-refractivity contribution is -0.116. The fourth-order valence-electron chi connectivity index (χ4n) is 1.96. The molecule has 1 aliphatic rings. The van der Waals surface area contributed by atoms with Gasteiger partial charge >= 0.3 is 0 Å². The van der Waals surface area contributed by atoms with Gasteiger partial charge in [0.15, 0.2) is 0 Å². The van der Waals surface area contributed by atoms with Crippen molar-refractivity contribution in [3.63, 3.8) is 0 Å². The van der Waals surface area contributed by atoms with E-state index in [1.807, 2.05) is 0 Å². The standard InChI is InChI=1S/C14H17FO2/c1-10(16)7-12-8-13(15)5-6-14(12)17-9-11-3-2-4-11/h5-6,8,11H,2-4,7,9H2,1H3. The maximum absolute atomic E-state index is 13.1. The molecule has 3 heteroatoms. The van der Waals surface area contributed by atoms with Crippen molar-refractivity contribution in [2.24, 2.45) is 5.92 Å². The number of carbonyl (C=O) groups is 1. The molecule has 2 rings (SSSR count). The summed E-state index contributed by atoms with van der Waals surface area (Å²) in [5.41, 5.74) is 0.650. The molecule has 1 aromatic carbocycles. The van der Waals surface area contributed by atoms with Gasteiger partial charge in [0.2, 0.25) is 0 Å². The minimum Gasteiger partial charge on any atom is -0.493 e. The van der Waals surface area contributed by atoms with Gasteiger partial charge in [0.05, 0.1) is 6.61 Å². The van der Waals surface area contributed by atoms with Gasteiger partial charge in [-0.1, -0.05) is 6.42 Å². The number of halogens is 1. The van der Waals surface area contributed by atoms with E-state index in [1.165, 1.54) is 38.3 Å². The highest BCUT2D eigenvalue weighted by atomic mass is 19.1. The smallest absolute Gasteiger partial charge is 0.134 e. The summed E-state index contributed by atoms with van der Waals surface area (Å²) in [6.45, 7) is 2.18. The summed E-state index contributed by atoms with van der Waals surface area (Å²) in [6.07, 6.45) is 3.93. The first-order valence-electron chi connectivity index (χ1n) is 6.06. The number of carbonyl (C=O) groups excluding carboxylic acids is 1. The van der Waals surface area contributed by atoms with E-state index in [0.29, 0.717) is 23.8 Å². The second kappa shape index (κ2) is 5.30. The van der Waals surface area contributed by atoms with Crippen LogP contribution in [0.4, 0.5) is 4.39 Å². The molecule has 0 radical (unpaired) electrons. The number of ether oxygens (including phenoxy) is 1. The molecular formula is C14H17FO2. The van der Waals surface area contributed by atoms with Gasteiger partial charge in [0.25, 0.3) is 0 Å². The molecule has 1 fully saturated rings. The van der Waals surface area contributed by atoms with Crippen LogP contribution < -0.4 is 4.74 Å². The summed E-state index contributed by atoms with van der Waals surface area (Å²) >= 11 is 0. The molecule has 0 heterocycles. The summed E-state index contributed by atoms with van der Waals surface area (Å²) in [7, 11) is 0. The molecule has 0 aliphatic heterocycles. The Hall–Kier alpha value is -1.38. The van der Waals surface area contributed by atoms with Crippen molar-refractivity contribution in [1.29, 1.82) is 0 Å². The van der Waals surface area contributed by atoms with E-state index in [9.17, 15) is 9.18 Å². The van der Waals surface area contributed by atoms with Crippen molar-refractivity contribution in [2.75, 3.05) is 6.61 Å². The van der Waals surface area contributed by atoms with Crippen LogP contribution in [-0.2, 0) is 11.2 Å². The Kier molecular flexibility index (Phi) is 3.77. The number of rotatable bonds is 5. The van der Waals surface area contributed by atoms with Crippen LogP contribution in [0.5, 0.6) is 5.75 Å². The Morgan fingerprint density at radius 3 is 2.82 bits per heavy atom. The van der Waals surface area contributed by atoms with Crippen molar-refractivity contribution in [3.8, 4) is 5.75 Å². The SMILES string of the molecule is CC(=O)Cc1cc(F)ccc1OCC1CCC1. The number of Topliss-reactive ketones (excluding diaryl/α,β-unsaturated/α-hetero) is 1. The normalized spacial score (nSPS) is 15.4. The third-order valence-corrected chi connectivity index (χ3v) is 3.16. The molecule has 0 bridgehead atoms. The molecular weight excluding hydrogens is 219 g/mol. The van der Waals surface area contributed by atoms with Crippen LogP contribution in [0, 0.1) is 11.7 Å². The molecule has 1 aromatic rings. The molecule has 92 valence electrons. The Labute approximate surface area is 101 Å². The summed E-state index contributed by atoms with van der Waals surface area (Å²) < 4.78 is 18.8. The van der Waals surface area contributed by atoms with E-state index >= 15 is 0 Å². The Morgan fingerprint density at radius 1 is 1.47 bits per heavy atom. The Bertz CT molecular complexity index is 411. The molecule has 0 atom stereocenters. The highest BCUT2D eigenvalue weighted by molar-refractivity contribution is 5.78. The van der Waals surface area contributed by atoms with E-state index in [1.54, 1.807) is 6.07 Å². The Balaban J connectivity index is 2.04. The summed E-state index contributed by atoms with van der Waals surface area (Å²) in [5, 5.41) is 0.